The molecular formula is C12H10N4O4. The molecule has 1 heterocycles. The van der Waals surface area contributed by atoms with Gasteiger partial charge >= 0.3 is 11.2 Å². The summed E-state index contributed by atoms with van der Waals surface area (Å²) in [4.78, 5) is 38.4. The summed E-state index contributed by atoms with van der Waals surface area (Å²) in [5.74, 6) is -0.244. The number of benzene rings is 1. The van der Waals surface area contributed by atoms with E-state index in [0.29, 0.717) is 11.3 Å². The smallest absolute Gasteiger partial charge is 0.334 e. The maximum atomic E-state index is 11.4. The molecular weight excluding hydrogens is 264 g/mol. The molecule has 0 aliphatic carbocycles. The second kappa shape index (κ2) is 5.31. The van der Waals surface area contributed by atoms with Gasteiger partial charge in [-0.05, 0) is 31.2 Å². The molecule has 2 aromatic rings. The van der Waals surface area contributed by atoms with Crippen LogP contribution < -0.4 is 10.9 Å². The van der Waals surface area contributed by atoms with Crippen molar-refractivity contribution in [3.8, 4) is 0 Å². The zero-order valence-electron chi connectivity index (χ0n) is 10.4. The Kier molecular flexibility index (Phi) is 3.56. The zero-order chi connectivity index (χ0) is 14.7. The average Bonchev–Trinajstić information content (AvgIpc) is 2.39. The first-order chi connectivity index (χ1) is 9.49. The van der Waals surface area contributed by atoms with E-state index in [1.54, 1.807) is 24.3 Å². The lowest BCUT2D eigenvalue weighted by Crippen LogP contribution is -2.14. The Morgan fingerprint density at radius 1 is 1.35 bits per heavy atom. The molecule has 20 heavy (non-hydrogen) atoms. The SMILES string of the molecule is CC(=O)c1ccc(Nc2nc[nH]c(=O)c2[N+](=O)[O-])cc1. The molecule has 0 spiro atoms. The fraction of sp³-hybridized carbons (Fsp3) is 0.0833. The van der Waals surface area contributed by atoms with Gasteiger partial charge in [0.05, 0.1) is 11.3 Å². The normalized spacial score (nSPS) is 10.1. The highest BCUT2D eigenvalue weighted by Crippen LogP contribution is 2.21. The van der Waals surface area contributed by atoms with Gasteiger partial charge in [0.15, 0.2) is 5.78 Å². The van der Waals surface area contributed by atoms with E-state index in [2.05, 4.69) is 15.3 Å². The van der Waals surface area contributed by atoms with Crippen LogP contribution in [0.25, 0.3) is 0 Å². The van der Waals surface area contributed by atoms with E-state index in [4.69, 9.17) is 0 Å². The summed E-state index contributed by atoms with van der Waals surface area (Å²) in [6.07, 6.45) is 1.07. The van der Waals surface area contributed by atoms with Crippen LogP contribution in [0, 0.1) is 10.1 Å². The van der Waals surface area contributed by atoms with E-state index in [-0.39, 0.29) is 11.6 Å². The second-order valence-corrected chi connectivity index (χ2v) is 3.94. The standard InChI is InChI=1S/C12H10N4O4/c1-7(17)8-2-4-9(5-3-8)15-11-10(16(19)20)12(18)14-6-13-11/h2-6H,1H3,(H2,13,14,15,18). The van der Waals surface area contributed by atoms with E-state index < -0.39 is 16.2 Å². The van der Waals surface area contributed by atoms with E-state index in [0.717, 1.165) is 6.33 Å². The van der Waals surface area contributed by atoms with Crippen molar-refractivity contribution >= 4 is 23.0 Å². The molecule has 0 aliphatic heterocycles. The number of Topliss-reactive ketones (excluding diaryl/α,β-unsaturated/α-hetero) is 1. The molecule has 0 bridgehead atoms. The Morgan fingerprint density at radius 2 is 2.00 bits per heavy atom. The molecule has 0 saturated carbocycles. The van der Waals surface area contributed by atoms with Crippen molar-refractivity contribution in [2.45, 2.75) is 6.92 Å². The molecule has 8 nitrogen and oxygen atoms in total. The topological polar surface area (TPSA) is 118 Å². The fourth-order valence-corrected chi connectivity index (χ4v) is 1.58. The summed E-state index contributed by atoms with van der Waals surface area (Å²) in [7, 11) is 0. The number of carbonyl (C=O) groups excluding carboxylic acids is 1. The van der Waals surface area contributed by atoms with Gasteiger partial charge in [-0.1, -0.05) is 0 Å². The van der Waals surface area contributed by atoms with Crippen LogP contribution in [0.2, 0.25) is 0 Å². The van der Waals surface area contributed by atoms with Crippen LogP contribution in [-0.4, -0.2) is 20.7 Å². The Hall–Kier alpha value is -3.03. The molecule has 0 unspecified atom stereocenters. The number of ketones is 1. The lowest BCUT2D eigenvalue weighted by Gasteiger charge is -2.05. The Labute approximate surface area is 112 Å². The molecule has 8 heteroatoms. The molecule has 0 atom stereocenters. The summed E-state index contributed by atoms with van der Waals surface area (Å²) in [5, 5.41) is 13.5. The van der Waals surface area contributed by atoms with E-state index in [1.165, 1.54) is 6.92 Å². The van der Waals surface area contributed by atoms with Crippen molar-refractivity contribution in [1.29, 1.82) is 0 Å². The number of nitrogens with zero attached hydrogens (tertiary/aromatic N) is 2. The highest BCUT2D eigenvalue weighted by Gasteiger charge is 2.20. The summed E-state index contributed by atoms with van der Waals surface area (Å²) in [5.41, 5.74) is -0.504. The molecule has 0 amide bonds. The molecule has 1 aromatic heterocycles. The van der Waals surface area contributed by atoms with Gasteiger partial charge in [-0.3, -0.25) is 19.7 Å². The molecule has 2 rings (SSSR count). The molecule has 102 valence electrons. The Morgan fingerprint density at radius 3 is 2.55 bits per heavy atom. The predicted octanol–water partition coefficient (Wildman–Crippen LogP) is 1.62. The van der Waals surface area contributed by atoms with Crippen molar-refractivity contribution < 1.29 is 9.72 Å². The average molecular weight is 274 g/mol. The van der Waals surface area contributed by atoms with Gasteiger partial charge in [-0.15, -0.1) is 0 Å². The summed E-state index contributed by atoms with van der Waals surface area (Å²) >= 11 is 0. The second-order valence-electron chi connectivity index (χ2n) is 3.94. The maximum Gasteiger partial charge on any atom is 0.376 e. The number of rotatable bonds is 4. The Bertz CT molecular complexity index is 721. The quantitative estimate of drug-likeness (QED) is 0.497. The first-order valence-electron chi connectivity index (χ1n) is 5.59. The number of H-pyrrole nitrogens is 1. The minimum Gasteiger partial charge on any atom is -0.334 e. The number of nitro groups is 1. The van der Waals surface area contributed by atoms with Crippen molar-refractivity contribution in [3.05, 3.63) is 56.6 Å². The molecule has 0 saturated heterocycles. The summed E-state index contributed by atoms with van der Waals surface area (Å²) in [6, 6.07) is 6.29. The zero-order valence-corrected chi connectivity index (χ0v) is 10.4. The third-order valence-corrected chi connectivity index (χ3v) is 2.57. The first kappa shape index (κ1) is 13.4. The number of anilines is 2. The van der Waals surface area contributed by atoms with E-state index >= 15 is 0 Å². The van der Waals surface area contributed by atoms with Gasteiger partial charge in [0, 0.05) is 11.3 Å². The van der Waals surface area contributed by atoms with Crippen molar-refractivity contribution in [1.82, 2.24) is 9.97 Å². The van der Waals surface area contributed by atoms with E-state index in [1.807, 2.05) is 0 Å². The van der Waals surface area contributed by atoms with Crippen LogP contribution in [0.3, 0.4) is 0 Å². The number of carbonyl (C=O) groups is 1. The van der Waals surface area contributed by atoms with Gasteiger partial charge in [-0.25, -0.2) is 4.98 Å². The number of hydrogen-bond donors (Lipinski definition) is 2. The van der Waals surface area contributed by atoms with Gasteiger partial charge < -0.3 is 10.3 Å². The van der Waals surface area contributed by atoms with Crippen LogP contribution in [0.5, 0.6) is 0 Å². The minimum absolute atomic E-state index is 0.0863. The monoisotopic (exact) mass is 274 g/mol. The molecule has 0 fully saturated rings. The third-order valence-electron chi connectivity index (χ3n) is 2.57. The van der Waals surface area contributed by atoms with Gasteiger partial charge in [0.1, 0.15) is 0 Å². The van der Waals surface area contributed by atoms with Crippen LogP contribution in [0.15, 0.2) is 35.4 Å². The number of aromatic amines is 1. The highest BCUT2D eigenvalue weighted by atomic mass is 16.6. The van der Waals surface area contributed by atoms with Crippen molar-refractivity contribution in [2.75, 3.05) is 5.32 Å². The number of aromatic nitrogens is 2. The van der Waals surface area contributed by atoms with Crippen LogP contribution >= 0.6 is 0 Å². The van der Waals surface area contributed by atoms with Crippen molar-refractivity contribution in [3.63, 3.8) is 0 Å². The minimum atomic E-state index is -0.840. The lowest BCUT2D eigenvalue weighted by molar-refractivity contribution is -0.385. The Balaban J connectivity index is 2.35. The van der Waals surface area contributed by atoms with Crippen LogP contribution in [0.1, 0.15) is 17.3 Å². The largest absolute Gasteiger partial charge is 0.376 e. The van der Waals surface area contributed by atoms with Crippen molar-refractivity contribution in [2.24, 2.45) is 0 Å². The van der Waals surface area contributed by atoms with Gasteiger partial charge in [0.2, 0.25) is 5.82 Å². The molecule has 0 radical (unpaired) electrons. The first-order valence-corrected chi connectivity index (χ1v) is 5.59. The number of nitrogens with one attached hydrogen (secondary N) is 2. The molecule has 0 aliphatic rings. The van der Waals surface area contributed by atoms with E-state index in [9.17, 15) is 19.7 Å². The maximum absolute atomic E-state index is 11.4. The predicted molar refractivity (Wildman–Crippen MR) is 71.2 cm³/mol. The third kappa shape index (κ3) is 2.69. The van der Waals surface area contributed by atoms with Gasteiger partial charge in [0.25, 0.3) is 0 Å². The van der Waals surface area contributed by atoms with Crippen LogP contribution in [-0.2, 0) is 0 Å². The lowest BCUT2D eigenvalue weighted by atomic mass is 10.1. The van der Waals surface area contributed by atoms with Gasteiger partial charge in [-0.2, -0.15) is 0 Å². The molecule has 2 N–H and O–H groups in total. The number of hydrogen-bond acceptors (Lipinski definition) is 6. The summed E-state index contributed by atoms with van der Waals surface area (Å²) in [6.45, 7) is 1.44. The summed E-state index contributed by atoms with van der Waals surface area (Å²) < 4.78 is 0. The highest BCUT2D eigenvalue weighted by molar-refractivity contribution is 5.94. The van der Waals surface area contributed by atoms with Crippen LogP contribution in [0.4, 0.5) is 17.2 Å². The fourth-order valence-electron chi connectivity index (χ4n) is 1.58. The molecule has 1 aromatic carbocycles.